The summed E-state index contributed by atoms with van der Waals surface area (Å²) >= 11 is 3.41. The minimum absolute atomic E-state index is 0.150. The van der Waals surface area contributed by atoms with E-state index in [9.17, 15) is 4.79 Å². The summed E-state index contributed by atoms with van der Waals surface area (Å²) in [4.78, 5) is 24.3. The maximum absolute atomic E-state index is 12.1. The van der Waals surface area contributed by atoms with Crippen LogP contribution in [0.25, 0.3) is 0 Å². The highest BCUT2D eigenvalue weighted by Gasteiger charge is 2.20. The summed E-state index contributed by atoms with van der Waals surface area (Å²) in [5.41, 5.74) is 0. The quantitative estimate of drug-likeness (QED) is 0.904. The van der Waals surface area contributed by atoms with Gasteiger partial charge in [-0.05, 0) is 28.8 Å². The molecule has 1 N–H and O–H groups in total. The molecule has 0 unspecified atom stereocenters. The molecular formula is C12H18BrN5O. The fourth-order valence-corrected chi connectivity index (χ4v) is 2.58. The number of rotatable bonds is 4. The third-order valence-electron chi connectivity index (χ3n) is 3.14. The van der Waals surface area contributed by atoms with Crippen molar-refractivity contribution in [3.05, 3.63) is 10.7 Å². The number of amides is 1. The number of hydrogen-bond acceptors (Lipinski definition) is 5. The van der Waals surface area contributed by atoms with E-state index in [0.29, 0.717) is 18.3 Å². The number of nitrogens with zero attached hydrogens (tertiary/aromatic N) is 4. The highest BCUT2D eigenvalue weighted by Crippen LogP contribution is 2.23. The standard InChI is InChI=1S/C12H18BrN5O/c1-14-12-15-7-9(13)11(16-12)17(2)8-10(19)18-5-3-4-6-18/h7H,3-6,8H2,1-2H3,(H,14,15,16). The molecular weight excluding hydrogens is 310 g/mol. The summed E-state index contributed by atoms with van der Waals surface area (Å²) in [6.07, 6.45) is 3.90. The first-order valence-corrected chi connectivity index (χ1v) is 7.10. The van der Waals surface area contributed by atoms with Gasteiger partial charge in [-0.25, -0.2) is 4.98 Å². The molecule has 2 heterocycles. The summed E-state index contributed by atoms with van der Waals surface area (Å²) in [5, 5.41) is 2.89. The number of carbonyl (C=O) groups excluding carboxylic acids is 1. The largest absolute Gasteiger partial charge is 0.357 e. The molecule has 0 atom stereocenters. The van der Waals surface area contributed by atoms with Gasteiger partial charge in [0.15, 0.2) is 0 Å². The first kappa shape index (κ1) is 14.0. The van der Waals surface area contributed by atoms with Gasteiger partial charge in [0.25, 0.3) is 0 Å². The van der Waals surface area contributed by atoms with Crippen molar-refractivity contribution in [2.24, 2.45) is 0 Å². The molecule has 1 aliphatic heterocycles. The van der Waals surface area contributed by atoms with E-state index in [1.807, 2.05) is 16.8 Å². The predicted octanol–water partition coefficient (Wildman–Crippen LogP) is 1.34. The molecule has 0 aromatic carbocycles. The molecule has 1 fully saturated rings. The fraction of sp³-hybridized carbons (Fsp3) is 0.583. The minimum Gasteiger partial charge on any atom is -0.357 e. The van der Waals surface area contributed by atoms with Gasteiger partial charge >= 0.3 is 0 Å². The maximum Gasteiger partial charge on any atom is 0.242 e. The number of carbonyl (C=O) groups is 1. The van der Waals surface area contributed by atoms with Crippen molar-refractivity contribution in [3.63, 3.8) is 0 Å². The summed E-state index contributed by atoms with van der Waals surface area (Å²) < 4.78 is 0.781. The lowest BCUT2D eigenvalue weighted by Gasteiger charge is -2.22. The van der Waals surface area contributed by atoms with Gasteiger partial charge in [-0.3, -0.25) is 4.79 Å². The maximum atomic E-state index is 12.1. The van der Waals surface area contributed by atoms with E-state index in [2.05, 4.69) is 31.2 Å². The van der Waals surface area contributed by atoms with Crippen molar-refractivity contribution >= 4 is 33.6 Å². The molecule has 0 radical (unpaired) electrons. The van der Waals surface area contributed by atoms with Crippen molar-refractivity contribution in [1.82, 2.24) is 14.9 Å². The van der Waals surface area contributed by atoms with E-state index >= 15 is 0 Å². The number of anilines is 2. The molecule has 1 saturated heterocycles. The number of halogens is 1. The Morgan fingerprint density at radius 3 is 2.84 bits per heavy atom. The van der Waals surface area contributed by atoms with Crippen LogP contribution in [-0.2, 0) is 4.79 Å². The average molecular weight is 328 g/mol. The van der Waals surface area contributed by atoms with Crippen LogP contribution in [0.3, 0.4) is 0 Å². The zero-order valence-corrected chi connectivity index (χ0v) is 12.8. The number of likely N-dealkylation sites (N-methyl/N-ethyl adjacent to an activating group) is 1. The summed E-state index contributed by atoms with van der Waals surface area (Å²) in [6.45, 7) is 2.08. The van der Waals surface area contributed by atoms with Crippen LogP contribution in [0.15, 0.2) is 10.7 Å². The summed E-state index contributed by atoms with van der Waals surface area (Å²) in [6, 6.07) is 0. The molecule has 1 aromatic heterocycles. The predicted molar refractivity (Wildman–Crippen MR) is 78.4 cm³/mol. The summed E-state index contributed by atoms with van der Waals surface area (Å²) in [5.74, 6) is 1.40. The van der Waals surface area contributed by atoms with Gasteiger partial charge in [0, 0.05) is 33.4 Å². The molecule has 1 aromatic rings. The van der Waals surface area contributed by atoms with Crippen LogP contribution < -0.4 is 10.2 Å². The van der Waals surface area contributed by atoms with E-state index in [-0.39, 0.29) is 5.91 Å². The van der Waals surface area contributed by atoms with Gasteiger partial charge in [0.05, 0.1) is 11.0 Å². The zero-order valence-electron chi connectivity index (χ0n) is 11.2. The SMILES string of the molecule is CNc1ncc(Br)c(N(C)CC(=O)N2CCCC2)n1. The average Bonchev–Trinajstić information content (AvgIpc) is 2.93. The Bertz CT molecular complexity index is 461. The third kappa shape index (κ3) is 3.34. The van der Waals surface area contributed by atoms with Gasteiger partial charge < -0.3 is 15.1 Å². The number of aromatic nitrogens is 2. The molecule has 104 valence electrons. The second-order valence-electron chi connectivity index (χ2n) is 4.56. The van der Waals surface area contributed by atoms with Gasteiger partial charge in [0.1, 0.15) is 5.82 Å². The van der Waals surface area contributed by atoms with Gasteiger partial charge in [-0.1, -0.05) is 0 Å². The van der Waals surface area contributed by atoms with E-state index < -0.39 is 0 Å². The van der Waals surface area contributed by atoms with Crippen LogP contribution in [0.5, 0.6) is 0 Å². The van der Waals surface area contributed by atoms with E-state index in [0.717, 1.165) is 30.4 Å². The van der Waals surface area contributed by atoms with Crippen LogP contribution in [0.1, 0.15) is 12.8 Å². The lowest BCUT2D eigenvalue weighted by molar-refractivity contribution is -0.128. The Labute approximate surface area is 121 Å². The minimum atomic E-state index is 0.150. The fourth-order valence-electron chi connectivity index (χ4n) is 2.09. The van der Waals surface area contributed by atoms with Crippen LogP contribution in [-0.4, -0.2) is 54.5 Å². The molecule has 0 aliphatic carbocycles. The Hall–Kier alpha value is -1.37. The molecule has 2 rings (SSSR count). The van der Waals surface area contributed by atoms with E-state index in [1.165, 1.54) is 0 Å². The highest BCUT2D eigenvalue weighted by atomic mass is 79.9. The summed E-state index contributed by atoms with van der Waals surface area (Å²) in [7, 11) is 3.63. The smallest absolute Gasteiger partial charge is 0.242 e. The molecule has 0 saturated carbocycles. The molecule has 0 spiro atoms. The van der Waals surface area contributed by atoms with E-state index in [4.69, 9.17) is 0 Å². The number of likely N-dealkylation sites (tertiary alicyclic amines) is 1. The Morgan fingerprint density at radius 1 is 1.53 bits per heavy atom. The molecule has 1 amide bonds. The van der Waals surface area contributed by atoms with Crippen LogP contribution in [0.4, 0.5) is 11.8 Å². The molecule has 0 bridgehead atoms. The van der Waals surface area contributed by atoms with Crippen LogP contribution in [0.2, 0.25) is 0 Å². The Balaban J connectivity index is 2.06. The number of hydrogen-bond donors (Lipinski definition) is 1. The van der Waals surface area contributed by atoms with Crippen molar-refractivity contribution in [2.45, 2.75) is 12.8 Å². The zero-order chi connectivity index (χ0) is 13.8. The van der Waals surface area contributed by atoms with Crippen molar-refractivity contribution in [2.75, 3.05) is 43.9 Å². The van der Waals surface area contributed by atoms with Crippen LogP contribution >= 0.6 is 15.9 Å². The van der Waals surface area contributed by atoms with E-state index in [1.54, 1.807) is 13.2 Å². The van der Waals surface area contributed by atoms with Crippen LogP contribution in [0, 0.1) is 0 Å². The first-order chi connectivity index (χ1) is 9.11. The van der Waals surface area contributed by atoms with Crippen molar-refractivity contribution in [1.29, 1.82) is 0 Å². The molecule has 7 heteroatoms. The number of nitrogens with one attached hydrogen (secondary N) is 1. The third-order valence-corrected chi connectivity index (χ3v) is 3.70. The van der Waals surface area contributed by atoms with Gasteiger partial charge in [-0.15, -0.1) is 0 Å². The molecule has 1 aliphatic rings. The second kappa shape index (κ2) is 6.18. The Morgan fingerprint density at radius 2 is 2.21 bits per heavy atom. The second-order valence-corrected chi connectivity index (χ2v) is 5.41. The topological polar surface area (TPSA) is 61.4 Å². The monoisotopic (exact) mass is 327 g/mol. The Kier molecular flexibility index (Phi) is 4.57. The lowest BCUT2D eigenvalue weighted by atomic mass is 10.4. The lowest BCUT2D eigenvalue weighted by Crippen LogP contribution is -2.37. The van der Waals surface area contributed by atoms with Crippen molar-refractivity contribution < 1.29 is 4.79 Å². The van der Waals surface area contributed by atoms with Crippen molar-refractivity contribution in [3.8, 4) is 0 Å². The first-order valence-electron chi connectivity index (χ1n) is 6.31. The van der Waals surface area contributed by atoms with Gasteiger partial charge in [0.2, 0.25) is 11.9 Å². The molecule has 19 heavy (non-hydrogen) atoms. The van der Waals surface area contributed by atoms with Gasteiger partial charge in [-0.2, -0.15) is 4.98 Å². The molecule has 6 nitrogen and oxygen atoms in total. The normalized spacial score (nSPS) is 14.6. The highest BCUT2D eigenvalue weighted by molar-refractivity contribution is 9.10.